The van der Waals surface area contributed by atoms with Gasteiger partial charge in [-0.2, -0.15) is 5.10 Å². The highest BCUT2D eigenvalue weighted by atomic mass is 35.5. The smallest absolute Gasteiger partial charge is 0.120 e. The first-order valence-electron chi connectivity index (χ1n) is 10.4. The van der Waals surface area contributed by atoms with E-state index in [1.54, 1.807) is 22.6 Å². The van der Waals surface area contributed by atoms with Crippen LogP contribution in [-0.4, -0.2) is 26.6 Å². The summed E-state index contributed by atoms with van der Waals surface area (Å²) in [5.41, 5.74) is 4.89. The number of benzene rings is 3. The largest absolute Gasteiger partial charge is 0.508 e. The van der Waals surface area contributed by atoms with Crippen molar-refractivity contribution in [3.8, 4) is 17.0 Å². The molecule has 1 unspecified atom stereocenters. The summed E-state index contributed by atoms with van der Waals surface area (Å²) in [6, 6.07) is 23.7. The third kappa shape index (κ3) is 5.01. The number of aliphatic hydroxyl groups excluding tert-OH is 1. The van der Waals surface area contributed by atoms with Crippen LogP contribution in [0.25, 0.3) is 11.3 Å². The molecule has 0 spiro atoms. The summed E-state index contributed by atoms with van der Waals surface area (Å²) in [5, 5.41) is 25.7. The molecule has 0 saturated carbocycles. The summed E-state index contributed by atoms with van der Waals surface area (Å²) in [5.74, 6) is 0.879. The maximum atomic E-state index is 10.9. The molecule has 0 amide bonds. The molecule has 0 aliphatic rings. The summed E-state index contributed by atoms with van der Waals surface area (Å²) in [7, 11) is 1.89. The van der Waals surface area contributed by atoms with Crippen molar-refractivity contribution in [3.05, 3.63) is 101 Å². The van der Waals surface area contributed by atoms with Gasteiger partial charge in [0.15, 0.2) is 0 Å². The van der Waals surface area contributed by atoms with Crippen LogP contribution < -0.4 is 0 Å². The summed E-state index contributed by atoms with van der Waals surface area (Å²) < 4.78 is 1.80. The molecule has 1 aromatic heterocycles. The van der Waals surface area contributed by atoms with Gasteiger partial charge in [0.05, 0.1) is 5.69 Å². The zero-order valence-corrected chi connectivity index (χ0v) is 19.4. The van der Waals surface area contributed by atoms with E-state index >= 15 is 0 Å². The number of aromatic hydroxyl groups is 1. The lowest BCUT2D eigenvalue weighted by atomic mass is 9.84. The first-order valence-corrected chi connectivity index (χ1v) is 11.8. The van der Waals surface area contributed by atoms with Crippen LogP contribution in [0.3, 0.4) is 0 Å². The van der Waals surface area contributed by atoms with Gasteiger partial charge in [-0.1, -0.05) is 54.1 Å². The number of rotatable bonds is 8. The molecular formula is C26H25ClN2O2S. The van der Waals surface area contributed by atoms with Gasteiger partial charge in [-0.05, 0) is 47.9 Å². The number of aliphatic hydroxyl groups is 1. The van der Waals surface area contributed by atoms with E-state index in [0.717, 1.165) is 33.0 Å². The molecule has 0 aliphatic carbocycles. The van der Waals surface area contributed by atoms with Gasteiger partial charge >= 0.3 is 0 Å². The van der Waals surface area contributed by atoms with Gasteiger partial charge in [-0.3, -0.25) is 4.68 Å². The highest BCUT2D eigenvalue weighted by molar-refractivity contribution is 7.98. The van der Waals surface area contributed by atoms with Crippen LogP contribution in [0, 0.1) is 0 Å². The minimum Gasteiger partial charge on any atom is -0.508 e. The summed E-state index contributed by atoms with van der Waals surface area (Å²) in [6.07, 6.45) is 2.23. The third-order valence-electron chi connectivity index (χ3n) is 5.53. The van der Waals surface area contributed by atoms with Crippen LogP contribution in [0.5, 0.6) is 5.75 Å². The number of nitrogens with zero attached hydrogens (tertiary/aromatic N) is 2. The molecule has 32 heavy (non-hydrogen) atoms. The van der Waals surface area contributed by atoms with Crippen molar-refractivity contribution in [3.63, 3.8) is 0 Å². The molecule has 4 nitrogen and oxygen atoms in total. The number of phenolic OH excluding ortho intramolecular Hbond substituents is 1. The standard InChI is InChI=1S/C26H25ClN2O2S/c1-29-25(11-13-28-29)24-15-19(27)7-9-21(24)22(12-14-30)23-10-8-20(16-26(23)31)32-17-18-5-3-2-4-6-18/h2-11,13,15-16,22,30-31H,12,14,17H2,1H3. The lowest BCUT2D eigenvalue weighted by molar-refractivity contribution is 0.280. The van der Waals surface area contributed by atoms with Crippen LogP contribution >= 0.6 is 23.4 Å². The minimum atomic E-state index is -0.185. The van der Waals surface area contributed by atoms with Gasteiger partial charge in [-0.15, -0.1) is 11.8 Å². The number of aryl methyl sites for hydroxylation is 1. The molecule has 164 valence electrons. The Morgan fingerprint density at radius 1 is 1.00 bits per heavy atom. The van der Waals surface area contributed by atoms with E-state index in [1.807, 2.05) is 67.7 Å². The number of hydrogen-bond donors (Lipinski definition) is 2. The molecule has 2 N–H and O–H groups in total. The first kappa shape index (κ1) is 22.5. The molecule has 4 rings (SSSR count). The number of hydrogen-bond acceptors (Lipinski definition) is 4. The lowest BCUT2D eigenvalue weighted by Gasteiger charge is -2.22. The van der Waals surface area contributed by atoms with E-state index in [-0.39, 0.29) is 18.3 Å². The molecule has 6 heteroatoms. The van der Waals surface area contributed by atoms with Crippen LogP contribution in [0.1, 0.15) is 29.0 Å². The summed E-state index contributed by atoms with van der Waals surface area (Å²) >= 11 is 8.00. The Hall–Kier alpha value is -2.73. The van der Waals surface area contributed by atoms with Crippen molar-refractivity contribution in [2.75, 3.05) is 6.61 Å². The Bertz CT molecular complexity index is 1190. The van der Waals surface area contributed by atoms with E-state index in [1.165, 1.54) is 5.56 Å². The quantitative estimate of drug-likeness (QED) is 0.302. The average Bonchev–Trinajstić information content (AvgIpc) is 3.23. The van der Waals surface area contributed by atoms with E-state index in [2.05, 4.69) is 17.2 Å². The first-order chi connectivity index (χ1) is 15.6. The van der Waals surface area contributed by atoms with Gasteiger partial charge < -0.3 is 10.2 Å². The molecule has 4 aromatic rings. The molecule has 0 saturated heterocycles. The van der Waals surface area contributed by atoms with Crippen molar-refractivity contribution in [1.82, 2.24) is 9.78 Å². The van der Waals surface area contributed by atoms with E-state index < -0.39 is 0 Å². The fourth-order valence-electron chi connectivity index (χ4n) is 3.95. The summed E-state index contributed by atoms with van der Waals surface area (Å²) in [6.45, 7) is 0.00205. The predicted octanol–water partition coefficient (Wildman–Crippen LogP) is 6.25. The van der Waals surface area contributed by atoms with Gasteiger partial charge in [0.1, 0.15) is 5.75 Å². The fourth-order valence-corrected chi connectivity index (χ4v) is 5.01. The molecular weight excluding hydrogens is 440 g/mol. The molecule has 0 radical (unpaired) electrons. The second-order valence-corrected chi connectivity index (χ2v) is 9.12. The molecule has 0 bridgehead atoms. The van der Waals surface area contributed by atoms with Crippen molar-refractivity contribution < 1.29 is 10.2 Å². The van der Waals surface area contributed by atoms with Crippen molar-refractivity contribution in [1.29, 1.82) is 0 Å². The van der Waals surface area contributed by atoms with E-state index in [0.29, 0.717) is 11.4 Å². The zero-order valence-electron chi connectivity index (χ0n) is 17.8. The van der Waals surface area contributed by atoms with Crippen molar-refractivity contribution in [2.45, 2.75) is 23.0 Å². The number of thioether (sulfide) groups is 1. The highest BCUT2D eigenvalue weighted by Gasteiger charge is 2.22. The Morgan fingerprint density at radius 2 is 1.78 bits per heavy atom. The van der Waals surface area contributed by atoms with Crippen LogP contribution in [0.15, 0.2) is 83.9 Å². The second kappa shape index (κ2) is 10.3. The maximum absolute atomic E-state index is 10.9. The molecule has 3 aromatic carbocycles. The molecule has 0 fully saturated rings. The number of phenols is 1. The lowest BCUT2D eigenvalue weighted by Crippen LogP contribution is -2.07. The molecule has 1 heterocycles. The molecule has 1 atom stereocenters. The monoisotopic (exact) mass is 464 g/mol. The van der Waals surface area contributed by atoms with E-state index in [9.17, 15) is 10.2 Å². The van der Waals surface area contributed by atoms with Crippen molar-refractivity contribution >= 4 is 23.4 Å². The summed E-state index contributed by atoms with van der Waals surface area (Å²) in [4.78, 5) is 1.00. The number of halogens is 1. The van der Waals surface area contributed by atoms with Crippen LogP contribution in [-0.2, 0) is 12.8 Å². The Morgan fingerprint density at radius 3 is 2.47 bits per heavy atom. The Kier molecular flexibility index (Phi) is 7.20. The Balaban J connectivity index is 1.67. The highest BCUT2D eigenvalue weighted by Crippen LogP contribution is 2.41. The van der Waals surface area contributed by atoms with Gasteiger partial charge in [0.25, 0.3) is 0 Å². The van der Waals surface area contributed by atoms with Gasteiger partial charge in [-0.25, -0.2) is 0 Å². The average molecular weight is 465 g/mol. The normalized spacial score (nSPS) is 12.1. The number of aromatic nitrogens is 2. The van der Waals surface area contributed by atoms with Gasteiger partial charge in [0, 0.05) is 52.6 Å². The molecule has 0 aliphatic heterocycles. The maximum Gasteiger partial charge on any atom is 0.120 e. The van der Waals surface area contributed by atoms with Gasteiger partial charge in [0.2, 0.25) is 0 Å². The Labute approximate surface area is 197 Å². The topological polar surface area (TPSA) is 58.3 Å². The van der Waals surface area contributed by atoms with Crippen molar-refractivity contribution in [2.24, 2.45) is 7.05 Å². The fraction of sp³-hybridized carbons (Fsp3) is 0.192. The third-order valence-corrected chi connectivity index (χ3v) is 6.83. The van der Waals surface area contributed by atoms with Crippen LogP contribution in [0.4, 0.5) is 0 Å². The second-order valence-electron chi connectivity index (χ2n) is 7.63. The predicted molar refractivity (Wildman–Crippen MR) is 131 cm³/mol. The minimum absolute atomic E-state index is 0.00205. The van der Waals surface area contributed by atoms with E-state index in [4.69, 9.17) is 11.6 Å². The zero-order chi connectivity index (χ0) is 22.5. The SMILES string of the molecule is Cn1nccc1-c1cc(Cl)ccc1C(CCO)c1ccc(SCc2ccccc2)cc1O. The van der Waals surface area contributed by atoms with Crippen LogP contribution in [0.2, 0.25) is 5.02 Å².